The van der Waals surface area contributed by atoms with Gasteiger partial charge in [-0.1, -0.05) is 19.6 Å². The van der Waals surface area contributed by atoms with Crippen molar-refractivity contribution in [3.8, 4) is 22.8 Å². The first kappa shape index (κ1) is 31.8. The molecular weight excluding hydrogens is 578 g/mol. The number of carbonyl (C=O) groups is 2. The molecule has 2 aromatic heterocycles. The van der Waals surface area contributed by atoms with Crippen LogP contribution in [0.5, 0.6) is 11.5 Å². The lowest BCUT2D eigenvalue weighted by Gasteiger charge is -2.28. The second kappa shape index (κ2) is 13.6. The predicted molar refractivity (Wildman–Crippen MR) is 171 cm³/mol. The molecule has 0 saturated heterocycles. The van der Waals surface area contributed by atoms with E-state index < -0.39 is 14.2 Å². The highest BCUT2D eigenvalue weighted by molar-refractivity contribution is 6.76. The summed E-state index contributed by atoms with van der Waals surface area (Å²) in [6, 6.07) is 6.61. The number of rotatable bonds is 13. The average Bonchev–Trinajstić information content (AvgIpc) is 3.76. The van der Waals surface area contributed by atoms with Gasteiger partial charge in [0.15, 0.2) is 0 Å². The predicted octanol–water partition coefficient (Wildman–Crippen LogP) is 5.83. The molecule has 11 nitrogen and oxygen atoms in total. The summed E-state index contributed by atoms with van der Waals surface area (Å²) >= 11 is 0. The maximum Gasteiger partial charge on any atom is 0.404 e. The number of ether oxygens (including phenoxy) is 3. The van der Waals surface area contributed by atoms with Gasteiger partial charge in [0, 0.05) is 44.1 Å². The summed E-state index contributed by atoms with van der Waals surface area (Å²) in [7, 11) is 0.337. The van der Waals surface area contributed by atoms with Gasteiger partial charge in [-0.2, -0.15) is 0 Å². The van der Waals surface area contributed by atoms with Crippen molar-refractivity contribution >= 4 is 31.1 Å². The van der Waals surface area contributed by atoms with Gasteiger partial charge < -0.3 is 34.5 Å². The standard InChI is InChI=1S/C32H45N5O6Si/c1-20-27(31(38)35-22-8-10-23(11-9-22)36-32(39)40)29-30(37(20)19-42-14-15-44(3,4)5)28(33-18-34-29)25-13-12-24(41-2)16-26(25)43-17-21-6-7-21/h12-13,16,18,21-23,36H,6-11,14-15,17,19H2,1-5H3,(H,35,38)(H,39,40)/t22-,23+. The molecule has 2 aliphatic carbocycles. The van der Waals surface area contributed by atoms with Gasteiger partial charge in [-0.3, -0.25) is 4.79 Å². The number of hydrogen-bond donors (Lipinski definition) is 3. The number of carboxylic acid groups (broad SMARTS) is 1. The molecule has 0 atom stereocenters. The first-order chi connectivity index (χ1) is 21.0. The van der Waals surface area contributed by atoms with Crippen LogP contribution < -0.4 is 20.1 Å². The van der Waals surface area contributed by atoms with Crippen LogP contribution in [-0.4, -0.2) is 72.1 Å². The van der Waals surface area contributed by atoms with Gasteiger partial charge in [0.2, 0.25) is 0 Å². The molecule has 3 N–H and O–H groups in total. The van der Waals surface area contributed by atoms with Gasteiger partial charge in [-0.25, -0.2) is 14.8 Å². The molecule has 0 unspecified atom stereocenters. The fourth-order valence-corrected chi connectivity index (χ4v) is 6.46. The number of amides is 2. The van der Waals surface area contributed by atoms with Crippen molar-refractivity contribution in [3.63, 3.8) is 0 Å². The van der Waals surface area contributed by atoms with E-state index in [2.05, 4.69) is 35.3 Å². The summed E-state index contributed by atoms with van der Waals surface area (Å²) < 4.78 is 20.0. The largest absolute Gasteiger partial charge is 0.497 e. The Kier molecular flexibility index (Phi) is 9.79. The third-order valence-corrected chi connectivity index (χ3v) is 10.2. The van der Waals surface area contributed by atoms with Crippen molar-refractivity contribution in [2.24, 2.45) is 5.92 Å². The zero-order valence-corrected chi connectivity index (χ0v) is 27.4. The van der Waals surface area contributed by atoms with Crippen LogP contribution in [0.4, 0.5) is 4.79 Å². The highest BCUT2D eigenvalue weighted by atomic mass is 28.3. The van der Waals surface area contributed by atoms with Gasteiger partial charge in [0.25, 0.3) is 5.91 Å². The van der Waals surface area contributed by atoms with Crippen LogP contribution in [0.1, 0.15) is 54.6 Å². The lowest BCUT2D eigenvalue weighted by molar-refractivity contribution is 0.0877. The lowest BCUT2D eigenvalue weighted by Crippen LogP contribution is -2.43. The van der Waals surface area contributed by atoms with Crippen LogP contribution in [0.25, 0.3) is 22.3 Å². The highest BCUT2D eigenvalue weighted by Crippen LogP contribution is 2.39. The number of benzene rings is 1. The Balaban J connectivity index is 1.50. The van der Waals surface area contributed by atoms with E-state index >= 15 is 0 Å². The van der Waals surface area contributed by atoms with E-state index in [9.17, 15) is 9.59 Å². The number of carbonyl (C=O) groups excluding carboxylic acids is 1. The van der Waals surface area contributed by atoms with Gasteiger partial charge in [0.05, 0.1) is 24.8 Å². The van der Waals surface area contributed by atoms with Crippen LogP contribution in [0, 0.1) is 12.8 Å². The zero-order valence-electron chi connectivity index (χ0n) is 26.4. The molecule has 0 aliphatic heterocycles. The molecule has 2 aliphatic rings. The van der Waals surface area contributed by atoms with E-state index in [0.717, 1.165) is 22.8 Å². The number of nitrogens with one attached hydrogen (secondary N) is 2. The maximum atomic E-state index is 13.9. The molecule has 0 radical (unpaired) electrons. The number of fused-ring (bicyclic) bond motifs is 1. The highest BCUT2D eigenvalue weighted by Gasteiger charge is 2.29. The fraction of sp³-hybridized carbons (Fsp3) is 0.562. The van der Waals surface area contributed by atoms with Crippen LogP contribution in [0.3, 0.4) is 0 Å². The summed E-state index contributed by atoms with van der Waals surface area (Å²) in [6.07, 6.45) is 5.58. The van der Waals surface area contributed by atoms with Gasteiger partial charge in [0.1, 0.15) is 35.8 Å². The first-order valence-corrected chi connectivity index (χ1v) is 19.3. The third kappa shape index (κ3) is 7.70. The van der Waals surface area contributed by atoms with Crippen molar-refractivity contribution < 1.29 is 28.9 Å². The summed E-state index contributed by atoms with van der Waals surface area (Å²) in [5.74, 6) is 1.74. The topological polar surface area (TPSA) is 137 Å². The summed E-state index contributed by atoms with van der Waals surface area (Å²) in [4.78, 5) is 34.3. The van der Waals surface area contributed by atoms with Crippen molar-refractivity contribution in [2.45, 2.75) is 89.9 Å². The first-order valence-electron chi connectivity index (χ1n) is 15.6. The Bertz CT molecular complexity index is 1490. The molecule has 0 bridgehead atoms. The van der Waals surface area contributed by atoms with Crippen molar-refractivity contribution in [1.82, 2.24) is 25.2 Å². The van der Waals surface area contributed by atoms with Crippen molar-refractivity contribution in [2.75, 3.05) is 20.3 Å². The quantitative estimate of drug-likeness (QED) is 0.160. The minimum Gasteiger partial charge on any atom is -0.497 e. The molecule has 1 aromatic carbocycles. The van der Waals surface area contributed by atoms with E-state index in [-0.39, 0.29) is 24.7 Å². The van der Waals surface area contributed by atoms with E-state index in [1.54, 1.807) is 7.11 Å². The second-order valence-corrected chi connectivity index (χ2v) is 18.9. The normalized spacial score (nSPS) is 18.7. The number of hydrogen-bond acceptors (Lipinski definition) is 7. The molecule has 2 saturated carbocycles. The van der Waals surface area contributed by atoms with E-state index in [4.69, 9.17) is 24.3 Å². The second-order valence-electron chi connectivity index (χ2n) is 13.2. The van der Waals surface area contributed by atoms with Crippen LogP contribution >= 0.6 is 0 Å². The summed E-state index contributed by atoms with van der Waals surface area (Å²) in [6.45, 7) is 10.4. The Morgan fingerprint density at radius 1 is 1.05 bits per heavy atom. The van der Waals surface area contributed by atoms with Crippen molar-refractivity contribution in [1.29, 1.82) is 0 Å². The average molecular weight is 624 g/mol. The smallest absolute Gasteiger partial charge is 0.404 e. The molecule has 5 rings (SSSR count). The van der Waals surface area contributed by atoms with E-state index in [0.29, 0.717) is 73.1 Å². The van der Waals surface area contributed by atoms with Crippen LogP contribution in [0.2, 0.25) is 25.7 Å². The van der Waals surface area contributed by atoms with E-state index in [1.165, 1.54) is 19.2 Å². The molecule has 2 heterocycles. The Morgan fingerprint density at radius 3 is 2.39 bits per heavy atom. The molecule has 44 heavy (non-hydrogen) atoms. The summed E-state index contributed by atoms with van der Waals surface area (Å²) in [5, 5.41) is 14.8. The van der Waals surface area contributed by atoms with Gasteiger partial charge >= 0.3 is 6.09 Å². The SMILES string of the molecule is COc1ccc(-c2ncnc3c(C(=O)N[C@H]4CC[C@@H](NC(=O)O)CC4)c(C)n(COCC[Si](C)(C)C)c23)c(OCC2CC2)c1. The lowest BCUT2D eigenvalue weighted by atomic mass is 9.91. The fourth-order valence-electron chi connectivity index (χ4n) is 5.71. The molecule has 238 valence electrons. The Labute approximate surface area is 259 Å². The van der Waals surface area contributed by atoms with E-state index in [1.807, 2.05) is 29.7 Å². The molecule has 12 heteroatoms. The zero-order chi connectivity index (χ0) is 31.4. The van der Waals surface area contributed by atoms with Crippen LogP contribution in [-0.2, 0) is 11.5 Å². The van der Waals surface area contributed by atoms with Gasteiger partial charge in [-0.05, 0) is 69.5 Å². The number of nitrogens with zero attached hydrogens (tertiary/aromatic N) is 3. The number of aromatic nitrogens is 3. The molecule has 2 fully saturated rings. The van der Waals surface area contributed by atoms with Crippen molar-refractivity contribution in [3.05, 3.63) is 35.8 Å². The Hall–Kier alpha value is -3.64. The minimum absolute atomic E-state index is 0.0505. The minimum atomic E-state index is -1.30. The Morgan fingerprint density at radius 2 is 1.75 bits per heavy atom. The maximum absolute atomic E-state index is 13.9. The molecule has 3 aromatic rings. The third-order valence-electron chi connectivity index (χ3n) is 8.54. The molecular formula is C32H45N5O6Si. The summed E-state index contributed by atoms with van der Waals surface area (Å²) in [5.41, 5.74) is 4.00. The van der Waals surface area contributed by atoms with Crippen LogP contribution in [0.15, 0.2) is 24.5 Å². The molecule has 0 spiro atoms. The monoisotopic (exact) mass is 623 g/mol. The van der Waals surface area contributed by atoms with Gasteiger partial charge in [-0.15, -0.1) is 0 Å². The number of methoxy groups -OCH3 is 1. The molecule has 2 amide bonds.